The number of carbonyl (C=O) groups excluding carboxylic acids is 2. The molecular formula is C18H18N4O2. The standard InChI is InChI=1S/C18H18N4O2/c23-17(22-16-8-3-4-10-19-16)9-5-11-20-18(24)15-12-13-6-1-2-7-14(13)21-15/h1-4,6-8,10,12,21H,5,9,11H2,(H,20,24)(H,19,22,23). The Morgan fingerprint density at radius 3 is 2.71 bits per heavy atom. The van der Waals surface area contributed by atoms with Gasteiger partial charge in [-0.25, -0.2) is 4.98 Å². The van der Waals surface area contributed by atoms with Gasteiger partial charge in [-0.3, -0.25) is 9.59 Å². The average Bonchev–Trinajstić information content (AvgIpc) is 3.04. The van der Waals surface area contributed by atoms with Crippen LogP contribution in [0.25, 0.3) is 10.9 Å². The van der Waals surface area contributed by atoms with Crippen molar-refractivity contribution in [2.75, 3.05) is 11.9 Å². The maximum absolute atomic E-state index is 12.1. The molecule has 0 aliphatic carbocycles. The summed E-state index contributed by atoms with van der Waals surface area (Å²) in [5.41, 5.74) is 1.45. The highest BCUT2D eigenvalue weighted by Gasteiger charge is 2.09. The molecule has 0 aliphatic rings. The van der Waals surface area contributed by atoms with Gasteiger partial charge in [0.1, 0.15) is 11.5 Å². The van der Waals surface area contributed by atoms with Crippen LogP contribution in [-0.2, 0) is 4.79 Å². The summed E-state index contributed by atoms with van der Waals surface area (Å²) in [4.78, 5) is 31.0. The highest BCUT2D eigenvalue weighted by molar-refractivity contribution is 5.98. The molecule has 0 fully saturated rings. The van der Waals surface area contributed by atoms with Crippen LogP contribution in [0, 0.1) is 0 Å². The van der Waals surface area contributed by atoms with Gasteiger partial charge >= 0.3 is 0 Å². The Balaban J connectivity index is 1.43. The Morgan fingerprint density at radius 2 is 1.92 bits per heavy atom. The van der Waals surface area contributed by atoms with Gasteiger partial charge in [0.25, 0.3) is 5.91 Å². The molecule has 0 saturated heterocycles. The Bertz CT molecular complexity index is 809. The molecule has 3 aromatic rings. The molecule has 0 spiro atoms. The van der Waals surface area contributed by atoms with Gasteiger partial charge in [-0.05, 0) is 30.7 Å². The summed E-state index contributed by atoms with van der Waals surface area (Å²) < 4.78 is 0. The molecule has 3 N–H and O–H groups in total. The Morgan fingerprint density at radius 1 is 1.08 bits per heavy atom. The normalized spacial score (nSPS) is 10.5. The van der Waals surface area contributed by atoms with Gasteiger partial charge in [0, 0.05) is 30.1 Å². The molecule has 2 amide bonds. The lowest BCUT2D eigenvalue weighted by molar-refractivity contribution is -0.116. The van der Waals surface area contributed by atoms with Gasteiger partial charge in [-0.1, -0.05) is 24.3 Å². The van der Waals surface area contributed by atoms with Crippen LogP contribution in [0.5, 0.6) is 0 Å². The van der Waals surface area contributed by atoms with Crippen molar-refractivity contribution in [1.82, 2.24) is 15.3 Å². The lowest BCUT2D eigenvalue weighted by Gasteiger charge is -2.05. The number of hydrogen-bond acceptors (Lipinski definition) is 3. The number of fused-ring (bicyclic) bond motifs is 1. The zero-order valence-electron chi connectivity index (χ0n) is 13.1. The van der Waals surface area contributed by atoms with Crippen LogP contribution in [0.1, 0.15) is 23.3 Å². The number of H-pyrrole nitrogens is 1. The second kappa shape index (κ2) is 7.41. The molecule has 0 radical (unpaired) electrons. The minimum Gasteiger partial charge on any atom is -0.351 e. The van der Waals surface area contributed by atoms with Crippen molar-refractivity contribution in [2.24, 2.45) is 0 Å². The van der Waals surface area contributed by atoms with Gasteiger partial charge in [-0.2, -0.15) is 0 Å². The van der Waals surface area contributed by atoms with E-state index in [1.165, 1.54) is 0 Å². The molecule has 6 heteroatoms. The van der Waals surface area contributed by atoms with E-state index in [0.717, 1.165) is 10.9 Å². The van der Waals surface area contributed by atoms with Crippen molar-refractivity contribution in [2.45, 2.75) is 12.8 Å². The Kier molecular flexibility index (Phi) is 4.86. The van der Waals surface area contributed by atoms with Crippen molar-refractivity contribution in [3.8, 4) is 0 Å². The average molecular weight is 322 g/mol. The minimum atomic E-state index is -0.170. The van der Waals surface area contributed by atoms with Crippen LogP contribution in [0.4, 0.5) is 5.82 Å². The molecule has 0 aliphatic heterocycles. The summed E-state index contributed by atoms with van der Waals surface area (Å²) in [6, 6.07) is 14.9. The number of para-hydroxylation sites is 1. The highest BCUT2D eigenvalue weighted by Crippen LogP contribution is 2.14. The van der Waals surface area contributed by atoms with E-state index in [2.05, 4.69) is 20.6 Å². The number of pyridine rings is 1. The zero-order chi connectivity index (χ0) is 16.8. The van der Waals surface area contributed by atoms with Crippen LogP contribution in [0.2, 0.25) is 0 Å². The van der Waals surface area contributed by atoms with Crippen LogP contribution in [-0.4, -0.2) is 28.3 Å². The number of nitrogens with zero attached hydrogens (tertiary/aromatic N) is 1. The van der Waals surface area contributed by atoms with Gasteiger partial charge in [0.2, 0.25) is 5.91 Å². The molecule has 0 saturated carbocycles. The van der Waals surface area contributed by atoms with Crippen LogP contribution in [0.3, 0.4) is 0 Å². The first kappa shape index (κ1) is 15.7. The third kappa shape index (κ3) is 3.98. The molecule has 2 aromatic heterocycles. The van der Waals surface area contributed by atoms with Gasteiger partial charge in [-0.15, -0.1) is 0 Å². The number of aromatic nitrogens is 2. The molecule has 2 heterocycles. The minimum absolute atomic E-state index is 0.117. The number of carbonyl (C=O) groups is 2. The molecule has 0 unspecified atom stereocenters. The van der Waals surface area contributed by atoms with Crippen molar-refractivity contribution in [3.05, 3.63) is 60.4 Å². The van der Waals surface area contributed by atoms with Gasteiger partial charge < -0.3 is 15.6 Å². The predicted octanol–water partition coefficient (Wildman–Crippen LogP) is 2.71. The fourth-order valence-electron chi connectivity index (χ4n) is 2.38. The first-order chi connectivity index (χ1) is 11.7. The van der Waals surface area contributed by atoms with Crippen LogP contribution >= 0.6 is 0 Å². The van der Waals surface area contributed by atoms with E-state index in [-0.39, 0.29) is 11.8 Å². The smallest absolute Gasteiger partial charge is 0.267 e. The lowest BCUT2D eigenvalue weighted by Crippen LogP contribution is -2.25. The van der Waals surface area contributed by atoms with Gasteiger partial charge in [0.15, 0.2) is 0 Å². The van der Waals surface area contributed by atoms with E-state index in [1.54, 1.807) is 18.3 Å². The van der Waals surface area contributed by atoms with Crippen LogP contribution < -0.4 is 10.6 Å². The first-order valence-corrected chi connectivity index (χ1v) is 7.79. The fourth-order valence-corrected chi connectivity index (χ4v) is 2.38. The summed E-state index contributed by atoms with van der Waals surface area (Å²) in [5, 5.41) is 6.52. The van der Waals surface area contributed by atoms with Crippen molar-refractivity contribution in [1.29, 1.82) is 0 Å². The van der Waals surface area contributed by atoms with Crippen LogP contribution in [0.15, 0.2) is 54.7 Å². The number of nitrogens with one attached hydrogen (secondary N) is 3. The largest absolute Gasteiger partial charge is 0.351 e. The summed E-state index contributed by atoms with van der Waals surface area (Å²) >= 11 is 0. The lowest BCUT2D eigenvalue weighted by atomic mass is 10.2. The fraction of sp³-hybridized carbons (Fsp3) is 0.167. The molecule has 24 heavy (non-hydrogen) atoms. The van der Waals surface area contributed by atoms with Crippen molar-refractivity contribution < 1.29 is 9.59 Å². The number of amides is 2. The van der Waals surface area contributed by atoms with E-state index in [9.17, 15) is 9.59 Å². The summed E-state index contributed by atoms with van der Waals surface area (Å²) in [5.74, 6) is 0.245. The number of benzene rings is 1. The molecular weight excluding hydrogens is 304 g/mol. The van der Waals surface area contributed by atoms with Gasteiger partial charge in [0.05, 0.1) is 0 Å². The third-order valence-corrected chi connectivity index (χ3v) is 3.57. The predicted molar refractivity (Wildman–Crippen MR) is 92.7 cm³/mol. The third-order valence-electron chi connectivity index (χ3n) is 3.57. The SMILES string of the molecule is O=C(CCCNC(=O)c1cc2ccccc2[nH]1)Nc1ccccn1. The summed E-state index contributed by atoms with van der Waals surface area (Å²) in [6.07, 6.45) is 2.50. The number of rotatable bonds is 6. The topological polar surface area (TPSA) is 86.9 Å². The number of aromatic amines is 1. The summed E-state index contributed by atoms with van der Waals surface area (Å²) in [7, 11) is 0. The Labute approximate surface area is 139 Å². The van der Waals surface area contributed by atoms with E-state index in [0.29, 0.717) is 30.9 Å². The number of hydrogen-bond donors (Lipinski definition) is 3. The zero-order valence-corrected chi connectivity index (χ0v) is 13.1. The Hall–Kier alpha value is -3.15. The second-order valence-corrected chi connectivity index (χ2v) is 5.39. The molecule has 0 atom stereocenters. The number of anilines is 1. The van der Waals surface area contributed by atoms with Crippen molar-refractivity contribution >= 4 is 28.5 Å². The summed E-state index contributed by atoms with van der Waals surface area (Å²) in [6.45, 7) is 0.434. The molecule has 1 aromatic carbocycles. The van der Waals surface area contributed by atoms with Crippen molar-refractivity contribution in [3.63, 3.8) is 0 Å². The molecule has 0 bridgehead atoms. The maximum atomic E-state index is 12.1. The van der Waals surface area contributed by atoms with E-state index in [4.69, 9.17) is 0 Å². The van der Waals surface area contributed by atoms with E-state index in [1.807, 2.05) is 36.4 Å². The first-order valence-electron chi connectivity index (χ1n) is 7.79. The monoisotopic (exact) mass is 322 g/mol. The molecule has 3 rings (SSSR count). The van der Waals surface area contributed by atoms with E-state index < -0.39 is 0 Å². The molecule has 122 valence electrons. The van der Waals surface area contributed by atoms with E-state index >= 15 is 0 Å². The molecule has 6 nitrogen and oxygen atoms in total. The second-order valence-electron chi connectivity index (χ2n) is 5.39. The maximum Gasteiger partial charge on any atom is 0.267 e. The highest BCUT2D eigenvalue weighted by atomic mass is 16.2. The quantitative estimate of drug-likeness (QED) is 0.610.